The van der Waals surface area contributed by atoms with E-state index in [1.54, 1.807) is 0 Å². The van der Waals surface area contributed by atoms with Crippen molar-refractivity contribution in [2.75, 3.05) is 0 Å². The Bertz CT molecular complexity index is 1890. The van der Waals surface area contributed by atoms with Crippen LogP contribution in [0.15, 0.2) is 273 Å². The number of hydrogen-bond donors (Lipinski definition) is 0. The Morgan fingerprint density at radius 3 is 0.350 bits per heavy atom. The topological polar surface area (TPSA) is 17.1 Å². The van der Waals surface area contributed by atoms with Crippen LogP contribution in [0.4, 0.5) is 0 Å². The van der Waals surface area contributed by atoms with Gasteiger partial charge in [-0.25, -0.2) is 0 Å². The number of rotatable bonds is 9. The Balaban J connectivity index is 0.000000166. The SMILES string of the molecule is [CH-]=O.[Rh].c1ccc([PH+](c2ccccc2)c2ccccc2)cc1.c1ccc([PH+](c2ccccc2)c2ccccc2)cc1.c1ccc([PH+](c2ccccc2)c2ccccc2)cc1. The van der Waals surface area contributed by atoms with Crippen molar-refractivity contribution in [3.8, 4) is 0 Å². The first kappa shape index (κ1) is 45.6. The second kappa shape index (κ2) is 25.9. The molecule has 5 heteroatoms. The fraction of sp³-hybridized carbons (Fsp3) is 0. The van der Waals surface area contributed by atoms with E-state index in [1.165, 1.54) is 47.7 Å². The van der Waals surface area contributed by atoms with Gasteiger partial charge in [0.25, 0.3) is 0 Å². The fourth-order valence-electron chi connectivity index (χ4n) is 6.94. The molecule has 0 bridgehead atoms. The fourth-order valence-corrected chi connectivity index (χ4v) is 14.7. The molecule has 0 amide bonds. The van der Waals surface area contributed by atoms with Crippen molar-refractivity contribution in [2.24, 2.45) is 0 Å². The first-order valence-corrected chi connectivity index (χ1v) is 24.2. The largest absolute Gasteiger partial charge is 0.545 e. The van der Waals surface area contributed by atoms with Gasteiger partial charge in [-0.3, -0.25) is 6.79 Å². The predicted octanol–water partition coefficient (Wildman–Crippen LogP) is 9.25. The monoisotopic (exact) mass is 921 g/mol. The second-order valence-corrected chi connectivity index (χ2v) is 20.9. The Morgan fingerprint density at radius 2 is 0.267 bits per heavy atom. The summed E-state index contributed by atoms with van der Waals surface area (Å²) in [5, 5.41) is 12.9. The van der Waals surface area contributed by atoms with Crippen molar-refractivity contribution < 1.29 is 24.3 Å². The Kier molecular flexibility index (Phi) is 19.7. The van der Waals surface area contributed by atoms with Crippen molar-refractivity contribution in [1.82, 2.24) is 0 Å². The number of benzene rings is 9. The summed E-state index contributed by atoms with van der Waals surface area (Å²) in [6, 6.07) is 97.5. The van der Waals surface area contributed by atoms with Crippen LogP contribution in [0.5, 0.6) is 0 Å². The van der Waals surface area contributed by atoms with Crippen LogP contribution in [0, 0.1) is 0 Å². The Morgan fingerprint density at radius 1 is 0.183 bits per heavy atom. The van der Waals surface area contributed by atoms with Crippen molar-refractivity contribution in [2.45, 2.75) is 0 Å². The normalized spacial score (nSPS) is 10.1. The molecular formula is C55H49OP3Rh+2. The second-order valence-electron chi connectivity index (χ2n) is 13.4. The molecule has 0 saturated carbocycles. The Hall–Kier alpha value is -5.44. The molecule has 0 heterocycles. The van der Waals surface area contributed by atoms with Crippen molar-refractivity contribution in [1.29, 1.82) is 0 Å². The molecule has 0 spiro atoms. The molecule has 1 radical (unpaired) electrons. The van der Waals surface area contributed by atoms with E-state index in [9.17, 15) is 0 Å². The van der Waals surface area contributed by atoms with Gasteiger partial charge in [0.15, 0.2) is 0 Å². The van der Waals surface area contributed by atoms with Gasteiger partial charge in [-0.15, -0.1) is 0 Å². The summed E-state index contributed by atoms with van der Waals surface area (Å²) >= 11 is 0. The first-order valence-electron chi connectivity index (χ1n) is 19.7. The van der Waals surface area contributed by atoms with Crippen LogP contribution in [0.3, 0.4) is 0 Å². The number of carbonyl (C=O) groups excluding carboxylic acids is 1. The summed E-state index contributed by atoms with van der Waals surface area (Å²) < 4.78 is 0. The maximum atomic E-state index is 7.75. The first-order chi connectivity index (χ1) is 29.3. The quantitative estimate of drug-likeness (QED) is 0.0612. The third-order valence-electron chi connectivity index (χ3n) is 9.56. The number of hydrogen-bond acceptors (Lipinski definition) is 1. The van der Waals surface area contributed by atoms with Crippen LogP contribution in [0.2, 0.25) is 0 Å². The minimum absolute atomic E-state index is 0. The minimum atomic E-state index is -0.877. The zero-order chi connectivity index (χ0) is 40.7. The molecule has 0 fully saturated rings. The maximum absolute atomic E-state index is 7.75. The summed E-state index contributed by atoms with van der Waals surface area (Å²) in [6.45, 7) is 3.25. The van der Waals surface area contributed by atoms with E-state index in [1.807, 2.05) is 0 Å². The van der Waals surface area contributed by atoms with Crippen LogP contribution in [-0.2, 0) is 24.3 Å². The average Bonchev–Trinajstić information content (AvgIpc) is 3.34. The van der Waals surface area contributed by atoms with Gasteiger partial charge in [-0.1, -0.05) is 164 Å². The van der Waals surface area contributed by atoms with Gasteiger partial charge in [0.1, 0.15) is 47.7 Å². The molecule has 1 nitrogen and oxygen atoms in total. The summed E-state index contributed by atoms with van der Waals surface area (Å²) in [7, 11) is -2.63. The van der Waals surface area contributed by atoms with Gasteiger partial charge in [0.05, 0.1) is 23.8 Å². The molecule has 0 N–H and O–H groups in total. The molecule has 0 aliphatic heterocycles. The van der Waals surface area contributed by atoms with Gasteiger partial charge in [-0.2, -0.15) is 0 Å². The summed E-state index contributed by atoms with van der Waals surface area (Å²) in [5.74, 6) is 0. The maximum Gasteiger partial charge on any atom is 0.102 e. The van der Waals surface area contributed by atoms with Crippen LogP contribution in [0.25, 0.3) is 0 Å². The molecule has 0 aliphatic carbocycles. The van der Waals surface area contributed by atoms with Gasteiger partial charge >= 0.3 is 0 Å². The van der Waals surface area contributed by atoms with E-state index < -0.39 is 23.8 Å². The molecule has 0 aromatic heterocycles. The minimum Gasteiger partial charge on any atom is -0.545 e. The molecule has 297 valence electrons. The zero-order valence-electron chi connectivity index (χ0n) is 33.3. The standard InChI is InChI=1S/3C18H15P.CHO.Rh/c3*1-4-10-16(11-5-1)19(17-12-6-2-7-13-17)18-14-8-3-9-15-18;1-2;/h3*1-15H;1H;/q;;;-1;/p+3. The molecule has 9 aromatic rings. The third-order valence-corrected chi connectivity index (χ3v) is 17.8. The van der Waals surface area contributed by atoms with Crippen LogP contribution in [0.1, 0.15) is 0 Å². The Labute approximate surface area is 373 Å². The van der Waals surface area contributed by atoms with E-state index in [0.29, 0.717) is 0 Å². The van der Waals surface area contributed by atoms with Gasteiger partial charge < -0.3 is 4.79 Å². The molecular weight excluding hydrogens is 872 g/mol. The molecule has 0 atom stereocenters. The molecule has 0 unspecified atom stereocenters. The average molecular weight is 922 g/mol. The van der Waals surface area contributed by atoms with Crippen LogP contribution < -0.4 is 47.7 Å². The molecule has 0 aliphatic rings. The van der Waals surface area contributed by atoms with Crippen LogP contribution in [-0.4, -0.2) is 6.79 Å². The van der Waals surface area contributed by atoms with E-state index in [-0.39, 0.29) is 19.5 Å². The van der Waals surface area contributed by atoms with E-state index >= 15 is 0 Å². The van der Waals surface area contributed by atoms with E-state index in [2.05, 4.69) is 280 Å². The summed E-state index contributed by atoms with van der Waals surface area (Å²) in [4.78, 5) is 7.75. The predicted molar refractivity (Wildman–Crippen MR) is 266 cm³/mol. The van der Waals surface area contributed by atoms with Crippen molar-refractivity contribution in [3.05, 3.63) is 273 Å². The molecule has 9 aromatic carbocycles. The summed E-state index contributed by atoms with van der Waals surface area (Å²) in [5.41, 5.74) is 0. The molecule has 0 saturated heterocycles. The zero-order valence-corrected chi connectivity index (χ0v) is 37.9. The smallest absolute Gasteiger partial charge is 0.102 e. The molecule has 9 rings (SSSR count). The summed E-state index contributed by atoms with van der Waals surface area (Å²) in [6.07, 6.45) is 0. The van der Waals surface area contributed by atoms with Crippen LogP contribution >= 0.6 is 23.8 Å². The van der Waals surface area contributed by atoms with E-state index in [0.717, 1.165) is 0 Å². The molecule has 60 heavy (non-hydrogen) atoms. The van der Waals surface area contributed by atoms with Gasteiger partial charge in [-0.05, 0) is 109 Å². The van der Waals surface area contributed by atoms with Crippen molar-refractivity contribution in [3.63, 3.8) is 0 Å². The van der Waals surface area contributed by atoms with E-state index in [4.69, 9.17) is 4.79 Å². The van der Waals surface area contributed by atoms with Gasteiger partial charge in [0, 0.05) is 19.5 Å². The van der Waals surface area contributed by atoms with Crippen molar-refractivity contribution >= 4 is 78.3 Å². The van der Waals surface area contributed by atoms with Gasteiger partial charge in [0.2, 0.25) is 0 Å². The third kappa shape index (κ3) is 13.3.